The number of ether oxygens (including phenoxy) is 1. The smallest absolute Gasteiger partial charge is 0.124 e. The van der Waals surface area contributed by atoms with Gasteiger partial charge in [-0.3, -0.25) is 4.98 Å². The minimum atomic E-state index is -0.504. The van der Waals surface area contributed by atoms with Crippen LogP contribution in [0.1, 0.15) is 43.6 Å². The lowest BCUT2D eigenvalue weighted by Crippen LogP contribution is -2.25. The molecular weight excluding hydrogens is 566 g/mol. The van der Waals surface area contributed by atoms with E-state index in [1.165, 1.54) is 0 Å². The van der Waals surface area contributed by atoms with E-state index >= 15 is 0 Å². The van der Waals surface area contributed by atoms with Gasteiger partial charge in [-0.25, -0.2) is 4.98 Å². The number of rotatable bonds is 7. The van der Waals surface area contributed by atoms with Crippen LogP contribution in [-0.2, 0) is 4.74 Å². The molecule has 0 amide bonds. The number of thiazole rings is 1. The summed E-state index contributed by atoms with van der Waals surface area (Å²) in [6.07, 6.45) is 1.31. The summed E-state index contributed by atoms with van der Waals surface area (Å²) in [5, 5.41) is 23.9. The molecule has 0 saturated heterocycles. The summed E-state index contributed by atoms with van der Waals surface area (Å²) in [4.78, 5) is 9.74. The summed E-state index contributed by atoms with van der Waals surface area (Å²) in [7, 11) is 0. The van der Waals surface area contributed by atoms with Crippen molar-refractivity contribution in [1.29, 1.82) is 0 Å². The Morgan fingerprint density at radius 1 is 0.976 bits per heavy atom. The fourth-order valence-electron chi connectivity index (χ4n) is 5.21. The lowest BCUT2D eigenvalue weighted by atomic mass is 9.91. The van der Waals surface area contributed by atoms with E-state index in [2.05, 4.69) is 45.5 Å². The summed E-state index contributed by atoms with van der Waals surface area (Å²) in [6.45, 7) is 8.39. The fourth-order valence-corrected chi connectivity index (χ4v) is 6.46. The third-order valence-electron chi connectivity index (χ3n) is 6.99. The quantitative estimate of drug-likeness (QED) is 0.204. The number of hydrogen-bond acceptors (Lipinski definition) is 8. The Kier molecular flexibility index (Phi) is 7.72. The normalized spacial score (nSPS) is 14.0. The molecular formula is C33H30ClN5O2S. The molecule has 2 aromatic heterocycles. The fraction of sp³-hybridized carbons (Fsp3) is 0.242. The van der Waals surface area contributed by atoms with Crippen molar-refractivity contribution < 1.29 is 9.84 Å². The molecule has 5 aromatic rings. The first-order valence-corrected chi connectivity index (χ1v) is 14.9. The molecule has 3 aromatic carbocycles. The highest BCUT2D eigenvalue weighted by molar-refractivity contribution is 7.22. The molecule has 42 heavy (non-hydrogen) atoms. The van der Waals surface area contributed by atoms with Gasteiger partial charge < -0.3 is 9.84 Å². The van der Waals surface area contributed by atoms with E-state index < -0.39 is 11.7 Å². The summed E-state index contributed by atoms with van der Waals surface area (Å²) in [5.74, 6) is 0. The van der Waals surface area contributed by atoms with E-state index in [1.54, 1.807) is 11.3 Å². The Morgan fingerprint density at radius 2 is 1.76 bits per heavy atom. The number of aliphatic hydroxyl groups is 1. The third kappa shape index (κ3) is 5.76. The maximum absolute atomic E-state index is 10.5. The van der Waals surface area contributed by atoms with Crippen molar-refractivity contribution in [2.75, 3.05) is 13.2 Å². The Morgan fingerprint density at radius 3 is 2.48 bits per heavy atom. The van der Waals surface area contributed by atoms with E-state index in [0.29, 0.717) is 11.6 Å². The molecule has 0 radical (unpaired) electrons. The standard InChI is InChI=1S/C33H30ClN5O2S/c1-19-14-26-31(30(20-8-10-24(34)11-9-20)29(19)28(18-40)41-33(2,3)4)42-32(37-26)23-12-13-35-25(16-23)21-6-5-7-22(15-21)27-17-36-39-38-27/h5-16,28,40H,17-18H2,1-4H3/t28-/m1/s1. The average molecular weight is 596 g/mol. The van der Waals surface area contributed by atoms with Crippen LogP contribution < -0.4 is 0 Å². The highest BCUT2D eigenvalue weighted by Gasteiger charge is 2.27. The zero-order chi connectivity index (χ0) is 29.4. The van der Waals surface area contributed by atoms with Crippen LogP contribution in [0.25, 0.3) is 43.2 Å². The summed E-state index contributed by atoms with van der Waals surface area (Å²) >= 11 is 7.88. The first-order valence-electron chi connectivity index (χ1n) is 13.7. The van der Waals surface area contributed by atoms with Gasteiger partial charge in [0.2, 0.25) is 0 Å². The van der Waals surface area contributed by atoms with Gasteiger partial charge in [0.25, 0.3) is 0 Å². The predicted molar refractivity (Wildman–Crippen MR) is 170 cm³/mol. The molecule has 212 valence electrons. The van der Waals surface area contributed by atoms with Crippen molar-refractivity contribution in [3.05, 3.63) is 94.6 Å². The molecule has 6 rings (SSSR count). The minimum Gasteiger partial charge on any atom is -0.393 e. The molecule has 0 bridgehead atoms. The number of aryl methyl sites for hydroxylation is 1. The van der Waals surface area contributed by atoms with Gasteiger partial charge in [-0.1, -0.05) is 41.9 Å². The number of benzene rings is 3. The Bertz CT molecular complexity index is 1840. The van der Waals surface area contributed by atoms with Gasteiger partial charge in [-0.2, -0.15) is 5.11 Å². The molecule has 1 aliphatic rings. The molecule has 7 nitrogen and oxygen atoms in total. The van der Waals surface area contributed by atoms with Gasteiger partial charge in [0.1, 0.15) is 17.7 Å². The van der Waals surface area contributed by atoms with E-state index in [0.717, 1.165) is 65.6 Å². The number of fused-ring (bicyclic) bond motifs is 1. The molecule has 0 unspecified atom stereocenters. The van der Waals surface area contributed by atoms with Crippen LogP contribution in [0.4, 0.5) is 0 Å². The maximum atomic E-state index is 10.5. The molecule has 0 aliphatic carbocycles. The van der Waals surface area contributed by atoms with Crippen LogP contribution in [0.15, 0.2) is 88.4 Å². The van der Waals surface area contributed by atoms with Crippen molar-refractivity contribution in [3.63, 3.8) is 0 Å². The van der Waals surface area contributed by atoms with Crippen LogP contribution in [-0.4, -0.2) is 39.5 Å². The monoisotopic (exact) mass is 595 g/mol. The molecule has 0 fully saturated rings. The molecule has 9 heteroatoms. The topological polar surface area (TPSA) is 92.3 Å². The lowest BCUT2D eigenvalue weighted by molar-refractivity contribution is -0.0821. The number of pyridine rings is 1. The van der Waals surface area contributed by atoms with Gasteiger partial charge in [0.15, 0.2) is 0 Å². The molecule has 1 N–H and O–H groups in total. The molecule has 0 saturated carbocycles. The highest BCUT2D eigenvalue weighted by atomic mass is 35.5. The Labute approximate surface area is 253 Å². The summed E-state index contributed by atoms with van der Waals surface area (Å²) in [6, 6.07) is 22.0. The largest absolute Gasteiger partial charge is 0.393 e. The second-order valence-electron chi connectivity index (χ2n) is 11.2. The molecule has 1 aliphatic heterocycles. The lowest BCUT2D eigenvalue weighted by Gasteiger charge is -2.29. The first-order chi connectivity index (χ1) is 20.2. The number of halogens is 1. The maximum Gasteiger partial charge on any atom is 0.124 e. The molecule has 0 spiro atoms. The zero-order valence-corrected chi connectivity index (χ0v) is 25.4. The van der Waals surface area contributed by atoms with Gasteiger partial charge in [0, 0.05) is 33.5 Å². The zero-order valence-electron chi connectivity index (χ0n) is 23.8. The van der Waals surface area contributed by atoms with Crippen LogP contribution in [0, 0.1) is 6.92 Å². The SMILES string of the molecule is Cc1cc2nc(-c3ccnc(-c4cccc(C5=NN=NC5)c4)c3)sc2c(-c2ccc(Cl)cc2)c1[C@@H](CO)OC(C)(C)C. The van der Waals surface area contributed by atoms with Crippen molar-refractivity contribution in [2.45, 2.75) is 39.4 Å². The van der Waals surface area contributed by atoms with Crippen LogP contribution in [0.5, 0.6) is 0 Å². The minimum absolute atomic E-state index is 0.142. The van der Waals surface area contributed by atoms with Crippen LogP contribution in [0.2, 0.25) is 5.02 Å². The summed E-state index contributed by atoms with van der Waals surface area (Å²) in [5.41, 5.74) is 9.04. The van der Waals surface area contributed by atoms with Crippen molar-refractivity contribution in [1.82, 2.24) is 9.97 Å². The highest BCUT2D eigenvalue weighted by Crippen LogP contribution is 2.44. The number of hydrogen-bond donors (Lipinski definition) is 1. The van der Waals surface area contributed by atoms with E-state index in [-0.39, 0.29) is 6.61 Å². The Hall–Kier alpha value is -3.82. The van der Waals surface area contributed by atoms with Gasteiger partial charge in [0.05, 0.1) is 33.8 Å². The second-order valence-corrected chi connectivity index (χ2v) is 12.6. The Balaban J connectivity index is 1.48. The second kappa shape index (κ2) is 11.5. The van der Waals surface area contributed by atoms with Crippen molar-refractivity contribution in [3.8, 4) is 33.0 Å². The number of nitrogens with zero attached hydrogens (tertiary/aromatic N) is 5. The third-order valence-corrected chi connectivity index (χ3v) is 8.38. The van der Waals surface area contributed by atoms with Gasteiger partial charge in [-0.05, 0) is 86.0 Å². The van der Waals surface area contributed by atoms with Crippen LogP contribution in [0.3, 0.4) is 0 Å². The van der Waals surface area contributed by atoms with Gasteiger partial charge in [-0.15, -0.1) is 16.4 Å². The van der Waals surface area contributed by atoms with E-state index in [4.69, 9.17) is 21.3 Å². The number of aliphatic hydroxyl groups excluding tert-OH is 1. The molecule has 1 atom stereocenters. The van der Waals surface area contributed by atoms with E-state index in [9.17, 15) is 5.11 Å². The van der Waals surface area contributed by atoms with Crippen molar-refractivity contribution in [2.24, 2.45) is 15.4 Å². The predicted octanol–water partition coefficient (Wildman–Crippen LogP) is 8.67. The number of aromatic nitrogens is 2. The average Bonchev–Trinajstić information content (AvgIpc) is 3.66. The van der Waals surface area contributed by atoms with Gasteiger partial charge >= 0.3 is 0 Å². The summed E-state index contributed by atoms with van der Waals surface area (Å²) < 4.78 is 7.40. The van der Waals surface area contributed by atoms with Crippen molar-refractivity contribution >= 4 is 38.9 Å². The first kappa shape index (κ1) is 28.3. The van der Waals surface area contributed by atoms with Crippen LogP contribution >= 0.6 is 22.9 Å². The molecule has 3 heterocycles. The van der Waals surface area contributed by atoms with E-state index in [1.807, 2.05) is 75.5 Å².